The molecule has 0 aliphatic heterocycles. The Morgan fingerprint density at radius 1 is 1.03 bits per heavy atom. The number of para-hydroxylation sites is 2. The molecule has 0 aliphatic carbocycles. The Morgan fingerprint density at radius 2 is 1.79 bits per heavy atom. The summed E-state index contributed by atoms with van der Waals surface area (Å²) in [6, 6.07) is -1.98. The number of rotatable bonds is 8. The molecule has 0 unspecified atom stereocenters. The molecule has 0 atom stereocenters. The average molecular weight is 491 g/mol. The first-order chi connectivity index (χ1) is 20.9. The van der Waals surface area contributed by atoms with Crippen molar-refractivity contribution in [3.8, 4) is 34.5 Å². The van der Waals surface area contributed by atoms with E-state index < -0.39 is 111 Å². The molecule has 0 bridgehead atoms. The summed E-state index contributed by atoms with van der Waals surface area (Å²) in [6.45, 7) is 1.65. The van der Waals surface area contributed by atoms with Crippen molar-refractivity contribution in [2.75, 3.05) is 18.9 Å². The van der Waals surface area contributed by atoms with Gasteiger partial charge in [-0.05, 0) is 42.7 Å². The highest BCUT2D eigenvalue weighted by atomic mass is 32.2. The number of hydrogen-bond donors (Lipinski definition) is 1. The Labute approximate surface area is 212 Å². The van der Waals surface area contributed by atoms with E-state index in [9.17, 15) is 8.42 Å². The van der Waals surface area contributed by atoms with Crippen molar-refractivity contribution < 1.29 is 37.7 Å². The molecule has 0 spiro atoms. The van der Waals surface area contributed by atoms with E-state index >= 15 is 0 Å². The van der Waals surface area contributed by atoms with Crippen LogP contribution < -0.4 is 18.9 Å². The van der Waals surface area contributed by atoms with Crippen LogP contribution in [0.5, 0.6) is 23.1 Å². The molecule has 4 rings (SSSR count). The summed E-state index contributed by atoms with van der Waals surface area (Å²) >= 11 is 0. The molecule has 34 heavy (non-hydrogen) atoms. The first-order valence-corrected chi connectivity index (χ1v) is 10.7. The topological polar surface area (TPSA) is 125 Å². The Bertz CT molecular complexity index is 1900. The molecule has 3 heterocycles. The molecular weight excluding hydrogens is 458 g/mol. The quantitative estimate of drug-likeness (QED) is 0.392. The molecule has 0 amide bonds. The van der Waals surface area contributed by atoms with Gasteiger partial charge in [-0.2, -0.15) is 13.4 Å². The van der Waals surface area contributed by atoms with Crippen LogP contribution in [0.1, 0.15) is 20.6 Å². The van der Waals surface area contributed by atoms with Crippen LogP contribution in [0.15, 0.2) is 72.0 Å². The summed E-state index contributed by atoms with van der Waals surface area (Å²) in [7, 11) is -6.92. The lowest BCUT2D eigenvalue weighted by molar-refractivity contribution is 0.348. The minimum atomic E-state index is -4.68. The SMILES string of the molecule is [2H]c1nc([2H])c([2H])c(-c2nc(NS(=O)(=O)c3ccc(C)cn3)c(Oc3c([2H])c([2H])c([2H])c([2H])c3OC)c(OC([2H])([2H])[2H])n2)c1[2H]. The van der Waals surface area contributed by atoms with Crippen molar-refractivity contribution in [1.29, 1.82) is 0 Å². The van der Waals surface area contributed by atoms with Gasteiger partial charge in [-0.1, -0.05) is 18.2 Å². The molecule has 3 aromatic heterocycles. The highest BCUT2D eigenvalue weighted by Crippen LogP contribution is 2.41. The van der Waals surface area contributed by atoms with E-state index in [0.29, 0.717) is 5.56 Å². The number of aromatic nitrogens is 4. The number of nitrogens with one attached hydrogen (secondary N) is 1. The van der Waals surface area contributed by atoms with Gasteiger partial charge in [0.25, 0.3) is 15.9 Å². The van der Waals surface area contributed by atoms with Gasteiger partial charge in [-0.3, -0.25) is 9.71 Å². The van der Waals surface area contributed by atoms with E-state index in [0.717, 1.165) is 13.2 Å². The number of nitrogens with zero attached hydrogens (tertiary/aromatic N) is 4. The van der Waals surface area contributed by atoms with Crippen LogP contribution in [0.25, 0.3) is 11.4 Å². The summed E-state index contributed by atoms with van der Waals surface area (Å²) in [5, 5.41) is -0.537. The second-order valence-corrected chi connectivity index (χ2v) is 7.97. The normalized spacial score (nSPS) is 16.0. The van der Waals surface area contributed by atoms with E-state index in [-0.39, 0.29) is 0 Å². The molecular formula is C23H21N5O5S. The van der Waals surface area contributed by atoms with Crippen LogP contribution in [0, 0.1) is 6.92 Å². The van der Waals surface area contributed by atoms with Gasteiger partial charge < -0.3 is 14.2 Å². The Balaban J connectivity index is 2.10. The molecule has 174 valence electrons. The van der Waals surface area contributed by atoms with Crippen LogP contribution in [0.3, 0.4) is 0 Å². The largest absolute Gasteiger partial charge is 0.493 e. The third kappa shape index (κ3) is 4.89. The number of ether oxygens (including phenoxy) is 3. The Kier molecular flexibility index (Phi) is 3.67. The van der Waals surface area contributed by atoms with Crippen LogP contribution >= 0.6 is 0 Å². The molecule has 0 aliphatic rings. The van der Waals surface area contributed by atoms with Crippen molar-refractivity contribution in [3.05, 3.63) is 72.5 Å². The number of anilines is 1. The van der Waals surface area contributed by atoms with Crippen molar-refractivity contribution in [2.45, 2.75) is 11.9 Å². The maximum absolute atomic E-state index is 13.4. The number of benzene rings is 1. The molecule has 1 N–H and O–H groups in total. The maximum atomic E-state index is 13.4. The predicted octanol–water partition coefficient (Wildman–Crippen LogP) is 3.85. The van der Waals surface area contributed by atoms with Gasteiger partial charge in [0.2, 0.25) is 5.75 Å². The second kappa shape index (κ2) is 9.71. The fraction of sp³-hybridized carbons (Fsp3) is 0.130. The zero-order valence-corrected chi connectivity index (χ0v) is 18.3. The third-order valence-electron chi connectivity index (χ3n) is 4.05. The van der Waals surface area contributed by atoms with E-state index in [2.05, 4.69) is 24.7 Å². The lowest BCUT2D eigenvalue weighted by Crippen LogP contribution is -2.17. The van der Waals surface area contributed by atoms with E-state index in [1.165, 1.54) is 12.3 Å². The number of methoxy groups -OCH3 is 2. The van der Waals surface area contributed by atoms with Gasteiger partial charge in [0.15, 0.2) is 28.2 Å². The molecule has 1 aromatic carbocycles. The Morgan fingerprint density at radius 3 is 2.47 bits per heavy atom. The minimum Gasteiger partial charge on any atom is -0.493 e. The van der Waals surface area contributed by atoms with Gasteiger partial charge in [0, 0.05) is 24.1 Å². The summed E-state index contributed by atoms with van der Waals surface area (Å²) < 4.78 is 132. The van der Waals surface area contributed by atoms with E-state index in [1.807, 2.05) is 0 Å². The van der Waals surface area contributed by atoms with Gasteiger partial charge in [0.1, 0.15) is 0 Å². The lowest BCUT2D eigenvalue weighted by Gasteiger charge is -2.17. The highest BCUT2D eigenvalue weighted by molar-refractivity contribution is 7.92. The summed E-state index contributed by atoms with van der Waals surface area (Å²) in [4.78, 5) is 15.2. The van der Waals surface area contributed by atoms with Crippen molar-refractivity contribution in [2.24, 2.45) is 0 Å². The van der Waals surface area contributed by atoms with Crippen LogP contribution in [-0.2, 0) is 10.0 Å². The van der Waals surface area contributed by atoms with Gasteiger partial charge in [-0.15, -0.1) is 0 Å². The average Bonchev–Trinajstić information content (AvgIpc) is 2.94. The third-order valence-corrected chi connectivity index (χ3v) is 5.30. The number of sulfonamides is 1. The minimum absolute atomic E-state index is 0.537. The molecule has 10 nitrogen and oxygen atoms in total. The highest BCUT2D eigenvalue weighted by Gasteiger charge is 2.25. The lowest BCUT2D eigenvalue weighted by atomic mass is 10.2. The number of pyridine rings is 2. The summed E-state index contributed by atoms with van der Waals surface area (Å²) in [6.07, 6.45) is -0.305. The maximum Gasteiger partial charge on any atom is 0.280 e. The van der Waals surface area contributed by atoms with Crippen molar-refractivity contribution >= 4 is 15.8 Å². The standard InChI is InChI=1S/C23H21N5O5S/c1-15-8-9-19(25-14-15)34(29,30)28-22-20(33-18-7-5-4-6-17(18)31-2)23(32-3)27-21(26-22)16-10-12-24-13-11-16/h4-14H,1-3H3,(H,26,27,28)/i3D3,4D,5D,6D,7D,10D,11D,12D,13D. The predicted molar refractivity (Wildman–Crippen MR) is 125 cm³/mol. The molecule has 0 radical (unpaired) electrons. The first kappa shape index (κ1) is 12.8. The number of aryl methyl sites for hydroxylation is 1. The molecule has 11 heteroatoms. The van der Waals surface area contributed by atoms with E-state index in [1.54, 1.807) is 6.92 Å². The summed E-state index contributed by atoms with van der Waals surface area (Å²) in [5.41, 5.74) is -0.00272. The van der Waals surface area contributed by atoms with Crippen LogP contribution in [0.2, 0.25) is 0 Å². The second-order valence-electron chi connectivity index (χ2n) is 6.34. The zero-order valence-electron chi connectivity index (χ0n) is 28.5. The van der Waals surface area contributed by atoms with Crippen LogP contribution in [0.4, 0.5) is 5.82 Å². The smallest absolute Gasteiger partial charge is 0.280 e. The van der Waals surface area contributed by atoms with Crippen molar-refractivity contribution in [3.63, 3.8) is 0 Å². The van der Waals surface area contributed by atoms with Gasteiger partial charge in [-0.25, -0.2) is 9.97 Å². The molecule has 0 saturated carbocycles. The number of hydrogen-bond acceptors (Lipinski definition) is 9. The summed E-state index contributed by atoms with van der Waals surface area (Å²) in [5.74, 6) is -4.93. The molecule has 0 saturated heterocycles. The Hall–Kier alpha value is -4.25. The molecule has 4 aromatic rings. The zero-order chi connectivity index (χ0) is 33.6. The monoisotopic (exact) mass is 490 g/mol. The first-order valence-electron chi connectivity index (χ1n) is 14.7. The molecule has 0 fully saturated rings. The fourth-order valence-corrected chi connectivity index (χ4v) is 3.45. The van der Waals surface area contributed by atoms with Gasteiger partial charge in [0.05, 0.1) is 29.2 Å². The fourth-order valence-electron chi connectivity index (χ4n) is 2.51. The van der Waals surface area contributed by atoms with E-state index in [4.69, 9.17) is 29.3 Å². The van der Waals surface area contributed by atoms with Crippen molar-refractivity contribution in [1.82, 2.24) is 19.9 Å². The van der Waals surface area contributed by atoms with Crippen LogP contribution in [-0.4, -0.2) is 42.5 Å². The van der Waals surface area contributed by atoms with Gasteiger partial charge >= 0.3 is 0 Å².